The van der Waals surface area contributed by atoms with Crippen molar-refractivity contribution in [2.24, 2.45) is 0 Å². The number of ether oxygens (including phenoxy) is 1. The molecule has 1 atom stereocenters. The lowest BCUT2D eigenvalue weighted by Gasteiger charge is -2.22. The molecule has 0 unspecified atom stereocenters. The minimum Gasteiger partial charge on any atom is -0.381 e. The van der Waals surface area contributed by atoms with Crippen LogP contribution < -0.4 is 15.4 Å². The van der Waals surface area contributed by atoms with Crippen LogP contribution in [0.15, 0.2) is 78.0 Å². The Morgan fingerprint density at radius 3 is 2.35 bits per heavy atom. The lowest BCUT2D eigenvalue weighted by Crippen LogP contribution is -2.45. The highest BCUT2D eigenvalue weighted by atomic mass is 32.2. The molecule has 1 aliphatic rings. The number of hydrogen-bond acceptors (Lipinski definition) is 6. The number of halogens is 1. The van der Waals surface area contributed by atoms with Crippen LogP contribution in [0.5, 0.6) is 0 Å². The van der Waals surface area contributed by atoms with E-state index < -0.39 is 33.7 Å². The number of carbonyl (C=O) groups excluding carboxylic acids is 2. The van der Waals surface area contributed by atoms with Crippen LogP contribution in [0.25, 0.3) is 0 Å². The Morgan fingerprint density at radius 2 is 1.70 bits per heavy atom. The summed E-state index contributed by atoms with van der Waals surface area (Å²) >= 11 is 0. The van der Waals surface area contributed by atoms with Gasteiger partial charge in [-0.2, -0.15) is 0 Å². The average molecular weight is 527 g/mol. The minimum absolute atomic E-state index is 0.164. The van der Waals surface area contributed by atoms with Gasteiger partial charge in [-0.25, -0.2) is 22.5 Å². The van der Waals surface area contributed by atoms with Crippen LogP contribution in [0.2, 0.25) is 0 Å². The molecule has 0 spiro atoms. The number of carbonyl (C=O) groups is 2. The molecular weight excluding hydrogens is 499 g/mol. The molecule has 9 nitrogen and oxygen atoms in total. The zero-order chi connectivity index (χ0) is 26.3. The first-order chi connectivity index (χ1) is 17.8. The van der Waals surface area contributed by atoms with Crippen molar-refractivity contribution >= 4 is 27.5 Å². The molecule has 11 heteroatoms. The van der Waals surface area contributed by atoms with E-state index in [2.05, 4.69) is 20.3 Å². The van der Waals surface area contributed by atoms with Gasteiger partial charge in [-0.3, -0.25) is 9.59 Å². The van der Waals surface area contributed by atoms with Gasteiger partial charge < -0.3 is 15.4 Å². The number of aromatic nitrogens is 1. The number of sulfonamides is 1. The van der Waals surface area contributed by atoms with Crippen LogP contribution in [0, 0.1) is 5.82 Å². The lowest BCUT2D eigenvalue weighted by molar-refractivity contribution is -0.118. The molecule has 2 aromatic carbocycles. The first-order valence-corrected chi connectivity index (χ1v) is 13.3. The molecule has 1 saturated heterocycles. The van der Waals surface area contributed by atoms with Crippen LogP contribution in [-0.2, 0) is 26.0 Å². The SMILES string of the molecule is O=C(N[C@@H](Cc1ccccc1)C(=O)Nc1ccc(S(=O)(=O)NC2CCOCC2)nc1)c1ccc(F)cc1. The summed E-state index contributed by atoms with van der Waals surface area (Å²) in [4.78, 5) is 29.9. The van der Waals surface area contributed by atoms with E-state index >= 15 is 0 Å². The van der Waals surface area contributed by atoms with Gasteiger partial charge in [-0.15, -0.1) is 0 Å². The Labute approximate surface area is 214 Å². The first-order valence-electron chi connectivity index (χ1n) is 11.8. The Kier molecular flexibility index (Phi) is 8.59. The predicted molar refractivity (Wildman–Crippen MR) is 135 cm³/mol. The summed E-state index contributed by atoms with van der Waals surface area (Å²) in [6.07, 6.45) is 2.62. The molecule has 0 radical (unpaired) electrons. The zero-order valence-electron chi connectivity index (χ0n) is 19.9. The lowest BCUT2D eigenvalue weighted by atomic mass is 10.0. The first kappa shape index (κ1) is 26.4. The second kappa shape index (κ2) is 12.0. The molecule has 37 heavy (non-hydrogen) atoms. The Morgan fingerprint density at radius 1 is 1.00 bits per heavy atom. The van der Waals surface area contributed by atoms with Crippen LogP contribution >= 0.6 is 0 Å². The van der Waals surface area contributed by atoms with Crippen molar-refractivity contribution in [1.82, 2.24) is 15.0 Å². The maximum absolute atomic E-state index is 13.2. The third-order valence-corrected chi connectivity index (χ3v) is 7.27. The predicted octanol–water partition coefficient (Wildman–Crippen LogP) is 2.66. The van der Waals surface area contributed by atoms with Gasteiger partial charge in [0.1, 0.15) is 11.9 Å². The van der Waals surface area contributed by atoms with Gasteiger partial charge in [0.25, 0.3) is 15.9 Å². The Bertz CT molecular complexity index is 1310. The molecule has 3 N–H and O–H groups in total. The number of amides is 2. The van der Waals surface area contributed by atoms with Crippen molar-refractivity contribution in [3.05, 3.63) is 89.9 Å². The van der Waals surface area contributed by atoms with Gasteiger partial charge in [0.15, 0.2) is 5.03 Å². The summed E-state index contributed by atoms with van der Waals surface area (Å²) in [6.45, 7) is 0.987. The fraction of sp³-hybridized carbons (Fsp3) is 0.269. The molecule has 0 saturated carbocycles. The third kappa shape index (κ3) is 7.42. The molecule has 0 aliphatic carbocycles. The van der Waals surface area contributed by atoms with Crippen LogP contribution in [-0.4, -0.2) is 50.5 Å². The van der Waals surface area contributed by atoms with Crippen molar-refractivity contribution in [3.8, 4) is 0 Å². The van der Waals surface area contributed by atoms with Crippen molar-refractivity contribution in [1.29, 1.82) is 0 Å². The highest BCUT2D eigenvalue weighted by molar-refractivity contribution is 7.89. The van der Waals surface area contributed by atoms with Gasteiger partial charge in [0, 0.05) is 31.2 Å². The second-order valence-corrected chi connectivity index (χ2v) is 10.3. The topological polar surface area (TPSA) is 126 Å². The normalized spacial score (nSPS) is 15.1. The smallest absolute Gasteiger partial charge is 0.258 e. The van der Waals surface area contributed by atoms with Crippen molar-refractivity contribution in [2.45, 2.75) is 36.4 Å². The number of nitrogens with zero attached hydrogens (tertiary/aromatic N) is 1. The number of anilines is 1. The number of nitrogens with one attached hydrogen (secondary N) is 3. The highest BCUT2D eigenvalue weighted by Gasteiger charge is 2.25. The fourth-order valence-electron chi connectivity index (χ4n) is 3.84. The van der Waals surface area contributed by atoms with E-state index in [9.17, 15) is 22.4 Å². The molecule has 1 fully saturated rings. The van der Waals surface area contributed by atoms with E-state index in [0.29, 0.717) is 26.1 Å². The van der Waals surface area contributed by atoms with Gasteiger partial charge in [-0.05, 0) is 54.8 Å². The monoisotopic (exact) mass is 526 g/mol. The summed E-state index contributed by atoms with van der Waals surface area (Å²) < 4.78 is 46.4. The largest absolute Gasteiger partial charge is 0.381 e. The summed E-state index contributed by atoms with van der Waals surface area (Å²) in [5, 5.41) is 5.21. The summed E-state index contributed by atoms with van der Waals surface area (Å²) in [5.41, 5.74) is 1.30. The van der Waals surface area contributed by atoms with E-state index in [0.717, 1.165) is 5.56 Å². The molecule has 194 valence electrons. The minimum atomic E-state index is -3.82. The molecule has 2 heterocycles. The van der Waals surface area contributed by atoms with Crippen molar-refractivity contribution in [3.63, 3.8) is 0 Å². The van der Waals surface area contributed by atoms with Gasteiger partial charge >= 0.3 is 0 Å². The van der Waals surface area contributed by atoms with Crippen LogP contribution in [0.3, 0.4) is 0 Å². The van der Waals surface area contributed by atoms with Crippen LogP contribution in [0.4, 0.5) is 10.1 Å². The third-order valence-electron chi connectivity index (χ3n) is 5.83. The van der Waals surface area contributed by atoms with Crippen LogP contribution in [0.1, 0.15) is 28.8 Å². The highest BCUT2D eigenvalue weighted by Crippen LogP contribution is 2.15. The number of rotatable bonds is 9. The summed E-state index contributed by atoms with van der Waals surface area (Å²) in [5.74, 6) is -1.53. The molecule has 1 aliphatic heterocycles. The maximum atomic E-state index is 13.2. The number of pyridine rings is 1. The standard InChI is InChI=1S/C26H27FN4O5S/c27-20-8-6-19(7-9-20)25(32)30-23(16-18-4-2-1-3-5-18)26(33)29-22-10-11-24(28-17-22)37(34,35)31-21-12-14-36-15-13-21/h1-11,17,21,23,31H,12-16H2,(H,29,33)(H,30,32)/t23-/m0/s1. The summed E-state index contributed by atoms with van der Waals surface area (Å²) in [6, 6.07) is 15.7. The zero-order valence-corrected chi connectivity index (χ0v) is 20.7. The Balaban J connectivity index is 1.45. The second-order valence-electron chi connectivity index (χ2n) is 8.60. The van der Waals surface area contributed by atoms with E-state index in [-0.39, 0.29) is 28.7 Å². The maximum Gasteiger partial charge on any atom is 0.258 e. The molecule has 2 amide bonds. The number of benzene rings is 2. The fourth-order valence-corrected chi connectivity index (χ4v) is 5.07. The molecule has 0 bridgehead atoms. The Hall–Kier alpha value is -3.67. The van der Waals surface area contributed by atoms with E-state index in [1.54, 1.807) is 0 Å². The average Bonchev–Trinajstić information content (AvgIpc) is 2.90. The van der Waals surface area contributed by atoms with E-state index in [4.69, 9.17) is 4.74 Å². The van der Waals surface area contributed by atoms with Crippen molar-refractivity contribution < 1.29 is 27.1 Å². The van der Waals surface area contributed by atoms with Crippen molar-refractivity contribution in [2.75, 3.05) is 18.5 Å². The molecule has 4 rings (SSSR count). The molecular formula is C26H27FN4O5S. The van der Waals surface area contributed by atoms with Gasteiger partial charge in [-0.1, -0.05) is 30.3 Å². The van der Waals surface area contributed by atoms with E-state index in [1.807, 2.05) is 30.3 Å². The summed E-state index contributed by atoms with van der Waals surface area (Å²) in [7, 11) is -3.82. The molecule has 1 aromatic heterocycles. The van der Waals surface area contributed by atoms with Gasteiger partial charge in [0.2, 0.25) is 5.91 Å². The number of hydrogen-bond donors (Lipinski definition) is 3. The van der Waals surface area contributed by atoms with Gasteiger partial charge in [0.05, 0.1) is 11.9 Å². The van der Waals surface area contributed by atoms with E-state index in [1.165, 1.54) is 42.6 Å². The molecule has 3 aromatic rings. The quantitative estimate of drug-likeness (QED) is 0.394.